The molecule has 2 aromatic heterocycles. The van der Waals surface area contributed by atoms with Gasteiger partial charge in [0.15, 0.2) is 17.4 Å². The first-order valence-corrected chi connectivity index (χ1v) is 8.12. The summed E-state index contributed by atoms with van der Waals surface area (Å²) < 4.78 is 12.2. The molecule has 0 aliphatic carbocycles. The lowest BCUT2D eigenvalue weighted by molar-refractivity contribution is 0.0985. The monoisotopic (exact) mass is 353 g/mol. The average molecular weight is 353 g/mol. The van der Waals surface area contributed by atoms with E-state index in [1.165, 1.54) is 6.92 Å². The number of rotatable bonds is 6. The Labute approximate surface area is 150 Å². The van der Waals surface area contributed by atoms with Crippen molar-refractivity contribution < 1.29 is 18.7 Å². The van der Waals surface area contributed by atoms with Crippen LogP contribution in [0.1, 0.15) is 34.4 Å². The average Bonchev–Trinajstić information content (AvgIpc) is 3.23. The van der Waals surface area contributed by atoms with E-state index in [2.05, 4.69) is 10.4 Å². The lowest BCUT2D eigenvalue weighted by Crippen LogP contribution is -2.14. The van der Waals surface area contributed by atoms with Gasteiger partial charge in [0.2, 0.25) is 0 Å². The number of aryl methyl sites for hydroxylation is 1. The number of nitrogens with one attached hydrogen (secondary N) is 1. The maximum atomic E-state index is 11.9. The number of Topliss-reactive ketones (excluding diaryl/α,β-unsaturated/α-hetero) is 1. The van der Waals surface area contributed by atoms with Gasteiger partial charge >= 0.3 is 6.09 Å². The summed E-state index contributed by atoms with van der Waals surface area (Å²) >= 11 is 0. The summed E-state index contributed by atoms with van der Waals surface area (Å²) in [5.74, 6) is 1.16. The third-order valence-corrected chi connectivity index (χ3v) is 3.65. The summed E-state index contributed by atoms with van der Waals surface area (Å²) in [6.45, 7) is 3.97. The van der Waals surface area contributed by atoms with Crippen molar-refractivity contribution in [1.29, 1.82) is 0 Å². The van der Waals surface area contributed by atoms with Crippen molar-refractivity contribution in [3.8, 4) is 0 Å². The Hall–Kier alpha value is -3.35. The highest BCUT2D eigenvalue weighted by Crippen LogP contribution is 2.12. The number of furan rings is 1. The molecule has 0 fully saturated rings. The number of hydrogen-bond acceptors (Lipinski definition) is 5. The van der Waals surface area contributed by atoms with Gasteiger partial charge in [-0.3, -0.25) is 14.8 Å². The van der Waals surface area contributed by atoms with Gasteiger partial charge in [0, 0.05) is 19.2 Å². The molecule has 1 aromatic carbocycles. The molecule has 7 nitrogen and oxygen atoms in total. The van der Waals surface area contributed by atoms with Gasteiger partial charge in [0.25, 0.3) is 0 Å². The number of anilines is 1. The topological polar surface area (TPSA) is 86.4 Å². The second-order valence-corrected chi connectivity index (χ2v) is 5.91. The number of amides is 1. The number of hydrogen-bond donors (Lipinski definition) is 1. The van der Waals surface area contributed by atoms with Crippen LogP contribution in [0.4, 0.5) is 10.6 Å². The number of nitrogens with zero attached hydrogens (tertiary/aromatic N) is 2. The summed E-state index contributed by atoms with van der Waals surface area (Å²) in [6, 6.07) is 12.8. The van der Waals surface area contributed by atoms with Crippen molar-refractivity contribution in [2.24, 2.45) is 0 Å². The van der Waals surface area contributed by atoms with E-state index in [0.717, 1.165) is 11.1 Å². The normalized spacial score (nSPS) is 10.5. The molecular weight excluding hydrogens is 334 g/mol. The van der Waals surface area contributed by atoms with Gasteiger partial charge in [-0.05, 0) is 24.6 Å². The summed E-state index contributed by atoms with van der Waals surface area (Å²) in [5.41, 5.74) is 2.03. The van der Waals surface area contributed by atoms with Gasteiger partial charge in [-0.2, -0.15) is 5.10 Å². The minimum absolute atomic E-state index is 0.129. The van der Waals surface area contributed by atoms with Crippen LogP contribution < -0.4 is 5.32 Å². The molecule has 1 amide bonds. The van der Waals surface area contributed by atoms with Crippen molar-refractivity contribution in [3.63, 3.8) is 0 Å². The predicted molar refractivity (Wildman–Crippen MR) is 95.0 cm³/mol. The van der Waals surface area contributed by atoms with Crippen LogP contribution in [-0.2, 0) is 17.9 Å². The molecule has 0 saturated carbocycles. The summed E-state index contributed by atoms with van der Waals surface area (Å²) in [7, 11) is 0. The van der Waals surface area contributed by atoms with Gasteiger partial charge < -0.3 is 9.15 Å². The molecule has 2 heterocycles. The minimum Gasteiger partial charge on any atom is -0.456 e. The molecule has 0 unspecified atom stereocenters. The van der Waals surface area contributed by atoms with E-state index in [4.69, 9.17) is 9.15 Å². The van der Waals surface area contributed by atoms with E-state index >= 15 is 0 Å². The third-order valence-electron chi connectivity index (χ3n) is 3.65. The molecule has 26 heavy (non-hydrogen) atoms. The number of benzene rings is 1. The Kier molecular flexibility index (Phi) is 5.17. The Morgan fingerprint density at radius 1 is 1.23 bits per heavy atom. The Bertz CT molecular complexity index is 926. The van der Waals surface area contributed by atoms with Crippen LogP contribution in [0.5, 0.6) is 0 Å². The van der Waals surface area contributed by atoms with Gasteiger partial charge in [0.05, 0.1) is 6.54 Å². The highest BCUT2D eigenvalue weighted by atomic mass is 16.5. The predicted octanol–water partition coefficient (Wildman–Crippen LogP) is 3.78. The van der Waals surface area contributed by atoms with Gasteiger partial charge in [0.1, 0.15) is 12.4 Å². The molecule has 0 atom stereocenters. The molecule has 1 N–H and O–H groups in total. The number of aromatic nitrogens is 2. The summed E-state index contributed by atoms with van der Waals surface area (Å²) in [6.07, 6.45) is 1.13. The number of ether oxygens (including phenoxy) is 1. The lowest BCUT2D eigenvalue weighted by atomic mass is 10.1. The van der Waals surface area contributed by atoms with Crippen molar-refractivity contribution in [2.45, 2.75) is 27.0 Å². The van der Waals surface area contributed by atoms with Crippen LogP contribution in [0, 0.1) is 6.92 Å². The molecule has 134 valence electrons. The first-order chi connectivity index (χ1) is 12.5. The Morgan fingerprint density at radius 3 is 2.81 bits per heavy atom. The number of ketones is 1. The summed E-state index contributed by atoms with van der Waals surface area (Å²) in [5, 5.41) is 6.81. The van der Waals surface area contributed by atoms with Gasteiger partial charge in [-0.1, -0.05) is 29.8 Å². The molecule has 0 aliphatic rings. The maximum absolute atomic E-state index is 11.9. The second kappa shape index (κ2) is 7.69. The molecule has 0 saturated heterocycles. The van der Waals surface area contributed by atoms with E-state index in [1.807, 2.05) is 31.2 Å². The largest absolute Gasteiger partial charge is 0.456 e. The van der Waals surface area contributed by atoms with Crippen molar-refractivity contribution >= 4 is 17.7 Å². The van der Waals surface area contributed by atoms with Crippen LogP contribution in [0.2, 0.25) is 0 Å². The minimum atomic E-state index is -0.575. The zero-order valence-corrected chi connectivity index (χ0v) is 14.6. The van der Waals surface area contributed by atoms with E-state index in [1.54, 1.807) is 29.1 Å². The molecule has 3 rings (SSSR count). The summed E-state index contributed by atoms with van der Waals surface area (Å²) in [4.78, 5) is 23.1. The zero-order chi connectivity index (χ0) is 18.5. The number of carbonyl (C=O) groups is 2. The highest BCUT2D eigenvalue weighted by molar-refractivity contribution is 5.91. The second-order valence-electron chi connectivity index (χ2n) is 5.91. The molecule has 0 spiro atoms. The Balaban J connectivity index is 1.52. The van der Waals surface area contributed by atoms with Crippen LogP contribution in [0.3, 0.4) is 0 Å². The fraction of sp³-hybridized carbons (Fsp3) is 0.211. The lowest BCUT2D eigenvalue weighted by Gasteiger charge is -2.06. The highest BCUT2D eigenvalue weighted by Gasteiger charge is 2.09. The van der Waals surface area contributed by atoms with E-state index in [-0.39, 0.29) is 12.4 Å². The van der Waals surface area contributed by atoms with E-state index in [0.29, 0.717) is 23.9 Å². The third kappa shape index (κ3) is 4.60. The van der Waals surface area contributed by atoms with Crippen molar-refractivity contribution in [1.82, 2.24) is 9.78 Å². The fourth-order valence-electron chi connectivity index (χ4n) is 2.42. The number of carbonyl (C=O) groups excluding carboxylic acids is 2. The van der Waals surface area contributed by atoms with Crippen LogP contribution >= 0.6 is 0 Å². The molecule has 7 heteroatoms. The molecule has 0 aliphatic heterocycles. The smallest absolute Gasteiger partial charge is 0.413 e. The quantitative estimate of drug-likeness (QED) is 0.682. The molecule has 0 bridgehead atoms. The van der Waals surface area contributed by atoms with E-state index in [9.17, 15) is 9.59 Å². The molecule has 0 radical (unpaired) electrons. The van der Waals surface area contributed by atoms with Crippen molar-refractivity contribution in [2.75, 3.05) is 5.32 Å². The standard InChI is InChI=1S/C19H19N3O4/c1-13-4-3-5-15(10-13)12-25-19(24)20-18-8-9-22(21-18)11-16-6-7-17(26-16)14(2)23/h3-10H,11-12H2,1-2H3,(H,20,21,24). The zero-order valence-electron chi connectivity index (χ0n) is 14.6. The molecule has 3 aromatic rings. The maximum Gasteiger partial charge on any atom is 0.413 e. The van der Waals surface area contributed by atoms with Crippen LogP contribution in [0.15, 0.2) is 53.1 Å². The van der Waals surface area contributed by atoms with Crippen LogP contribution in [0.25, 0.3) is 0 Å². The molecular formula is C19H19N3O4. The Morgan fingerprint density at radius 2 is 2.08 bits per heavy atom. The first kappa shape index (κ1) is 17.5. The van der Waals surface area contributed by atoms with Crippen LogP contribution in [-0.4, -0.2) is 21.7 Å². The van der Waals surface area contributed by atoms with Crippen molar-refractivity contribution in [3.05, 3.63) is 71.3 Å². The van der Waals surface area contributed by atoms with E-state index < -0.39 is 6.09 Å². The first-order valence-electron chi connectivity index (χ1n) is 8.12. The van der Waals surface area contributed by atoms with Gasteiger partial charge in [-0.15, -0.1) is 0 Å². The SMILES string of the molecule is CC(=O)c1ccc(Cn2ccc(NC(=O)OCc3cccc(C)c3)n2)o1. The fourth-order valence-corrected chi connectivity index (χ4v) is 2.42. The van der Waals surface area contributed by atoms with Gasteiger partial charge in [-0.25, -0.2) is 4.79 Å².